The number of nitrogens with one attached hydrogen (secondary N) is 1. The summed E-state index contributed by atoms with van der Waals surface area (Å²) in [7, 11) is 0. The zero-order chi connectivity index (χ0) is 13.6. The predicted molar refractivity (Wildman–Crippen MR) is 58.7 cm³/mol. The van der Waals surface area contributed by atoms with E-state index in [4.69, 9.17) is 4.74 Å². The Morgan fingerprint density at radius 3 is 2.78 bits per heavy atom. The Kier molecular flexibility index (Phi) is 5.08. The van der Waals surface area contributed by atoms with Crippen LogP contribution in [-0.2, 0) is 0 Å². The van der Waals surface area contributed by atoms with Crippen molar-refractivity contribution >= 4 is 5.78 Å². The van der Waals surface area contributed by atoms with Gasteiger partial charge in [0.15, 0.2) is 5.78 Å². The monoisotopic (exact) mass is 262 g/mol. The largest absolute Gasteiger partial charge is 0.492 e. The minimum absolute atomic E-state index is 0.218. The van der Waals surface area contributed by atoms with Gasteiger partial charge in [0, 0.05) is 11.8 Å². The van der Waals surface area contributed by atoms with Gasteiger partial charge in [-0.15, -0.1) is 0 Å². The summed E-state index contributed by atoms with van der Waals surface area (Å²) >= 11 is 0. The Bertz CT molecular complexity index is 408. The van der Waals surface area contributed by atoms with E-state index in [1.54, 1.807) is 6.92 Å². The van der Waals surface area contributed by atoms with Gasteiger partial charge in [-0.2, -0.15) is 13.2 Å². The molecule has 0 saturated carbocycles. The molecule has 1 heterocycles. The number of alkyl halides is 3. The molecule has 0 bridgehead atoms. The third kappa shape index (κ3) is 5.13. The van der Waals surface area contributed by atoms with Crippen LogP contribution in [0.4, 0.5) is 13.2 Å². The second kappa shape index (κ2) is 6.34. The Hall–Kier alpha value is -1.63. The maximum Gasteiger partial charge on any atom is 0.401 e. The van der Waals surface area contributed by atoms with Crippen molar-refractivity contribution in [2.75, 3.05) is 19.7 Å². The van der Waals surface area contributed by atoms with Crippen LogP contribution in [0.2, 0.25) is 0 Å². The van der Waals surface area contributed by atoms with Gasteiger partial charge < -0.3 is 10.1 Å². The quantitative estimate of drug-likeness (QED) is 0.794. The highest BCUT2D eigenvalue weighted by atomic mass is 19.4. The van der Waals surface area contributed by atoms with E-state index in [1.807, 2.05) is 5.32 Å². The minimum atomic E-state index is -4.33. The summed E-state index contributed by atoms with van der Waals surface area (Å²) in [5.41, 5.74) is 0.218. The fraction of sp³-hybridized carbons (Fsp3) is 0.455. The smallest absolute Gasteiger partial charge is 0.401 e. The van der Waals surface area contributed by atoms with E-state index in [9.17, 15) is 18.0 Å². The first-order valence-corrected chi connectivity index (χ1v) is 5.31. The summed E-state index contributed by atoms with van der Waals surface area (Å²) in [6.45, 7) is 0.610. The molecule has 0 unspecified atom stereocenters. The molecule has 0 aliphatic carbocycles. The molecule has 1 aromatic rings. The van der Waals surface area contributed by atoms with Crippen molar-refractivity contribution < 1.29 is 22.7 Å². The average Bonchev–Trinajstić information content (AvgIpc) is 2.28. The van der Waals surface area contributed by atoms with E-state index >= 15 is 0 Å². The SMILES string of the molecule is CCOc1cncc(C(=O)CNCC(F)(F)F)c1. The summed E-state index contributed by atoms with van der Waals surface area (Å²) in [5.74, 6) is -0.0486. The van der Waals surface area contributed by atoms with Crippen LogP contribution in [0, 0.1) is 0 Å². The van der Waals surface area contributed by atoms with Crippen molar-refractivity contribution in [3.63, 3.8) is 0 Å². The summed E-state index contributed by atoms with van der Waals surface area (Å²) in [6.07, 6.45) is -1.60. The second-order valence-electron chi connectivity index (χ2n) is 3.48. The Morgan fingerprint density at radius 2 is 2.17 bits per heavy atom. The van der Waals surface area contributed by atoms with Crippen molar-refractivity contribution in [1.29, 1.82) is 0 Å². The molecule has 18 heavy (non-hydrogen) atoms. The van der Waals surface area contributed by atoms with Crippen LogP contribution < -0.4 is 10.1 Å². The summed E-state index contributed by atoms with van der Waals surface area (Å²) in [4.78, 5) is 15.3. The zero-order valence-corrected chi connectivity index (χ0v) is 9.75. The lowest BCUT2D eigenvalue weighted by atomic mass is 10.2. The van der Waals surface area contributed by atoms with Crippen LogP contribution in [0.1, 0.15) is 17.3 Å². The van der Waals surface area contributed by atoms with Gasteiger partial charge >= 0.3 is 6.18 Å². The van der Waals surface area contributed by atoms with E-state index < -0.39 is 25.0 Å². The number of pyridine rings is 1. The van der Waals surface area contributed by atoms with Crippen molar-refractivity contribution in [2.24, 2.45) is 0 Å². The van der Waals surface area contributed by atoms with Gasteiger partial charge in [0.2, 0.25) is 0 Å². The molecule has 100 valence electrons. The molecule has 0 atom stereocenters. The van der Waals surface area contributed by atoms with Crippen molar-refractivity contribution in [3.8, 4) is 5.75 Å². The van der Waals surface area contributed by atoms with Crippen LogP contribution in [0.15, 0.2) is 18.5 Å². The molecule has 0 aliphatic rings. The second-order valence-corrected chi connectivity index (χ2v) is 3.48. The number of halogens is 3. The number of hydrogen-bond acceptors (Lipinski definition) is 4. The average molecular weight is 262 g/mol. The van der Waals surface area contributed by atoms with Crippen LogP contribution in [-0.4, -0.2) is 36.6 Å². The van der Waals surface area contributed by atoms with Crippen LogP contribution in [0.3, 0.4) is 0 Å². The predicted octanol–water partition coefficient (Wildman–Crippen LogP) is 1.81. The molecule has 1 N–H and O–H groups in total. The standard InChI is InChI=1S/C11H13F3N2O2/c1-2-18-9-3-8(4-15-5-9)10(17)6-16-7-11(12,13)14/h3-5,16H,2,6-7H2,1H3. The Morgan fingerprint density at radius 1 is 1.44 bits per heavy atom. The molecule has 1 rings (SSSR count). The molecular weight excluding hydrogens is 249 g/mol. The highest BCUT2D eigenvalue weighted by Crippen LogP contribution is 2.13. The van der Waals surface area contributed by atoms with E-state index in [-0.39, 0.29) is 5.56 Å². The van der Waals surface area contributed by atoms with E-state index in [0.717, 1.165) is 0 Å². The number of carbonyl (C=O) groups excluding carboxylic acids is 1. The number of nitrogens with zero attached hydrogens (tertiary/aromatic N) is 1. The molecule has 4 nitrogen and oxygen atoms in total. The van der Waals surface area contributed by atoms with Gasteiger partial charge in [0.1, 0.15) is 5.75 Å². The molecule has 0 aliphatic heterocycles. The molecule has 0 saturated heterocycles. The third-order valence-electron chi connectivity index (χ3n) is 1.96. The number of ketones is 1. The summed E-state index contributed by atoms with van der Waals surface area (Å²) < 4.78 is 40.7. The highest BCUT2D eigenvalue weighted by molar-refractivity contribution is 5.97. The zero-order valence-electron chi connectivity index (χ0n) is 9.75. The first-order chi connectivity index (χ1) is 8.42. The van der Waals surface area contributed by atoms with Crippen molar-refractivity contribution in [1.82, 2.24) is 10.3 Å². The van der Waals surface area contributed by atoms with Crippen LogP contribution in [0.25, 0.3) is 0 Å². The van der Waals surface area contributed by atoms with Gasteiger partial charge in [0.25, 0.3) is 0 Å². The summed E-state index contributed by atoms with van der Waals surface area (Å²) in [5, 5.41) is 2.03. The molecule has 0 fully saturated rings. The van der Waals surface area contributed by atoms with Gasteiger partial charge in [-0.3, -0.25) is 9.78 Å². The number of carbonyl (C=O) groups is 1. The van der Waals surface area contributed by atoms with E-state index in [0.29, 0.717) is 12.4 Å². The van der Waals surface area contributed by atoms with Crippen LogP contribution >= 0.6 is 0 Å². The molecule has 7 heteroatoms. The van der Waals surface area contributed by atoms with E-state index in [1.165, 1.54) is 18.5 Å². The molecular formula is C11H13F3N2O2. The number of Topliss-reactive ketones (excluding diaryl/α,β-unsaturated/α-hetero) is 1. The fourth-order valence-electron chi connectivity index (χ4n) is 1.24. The minimum Gasteiger partial charge on any atom is -0.492 e. The lowest BCUT2D eigenvalue weighted by Gasteiger charge is -2.08. The van der Waals surface area contributed by atoms with Gasteiger partial charge in [0.05, 0.1) is 25.9 Å². The fourth-order valence-corrected chi connectivity index (χ4v) is 1.24. The van der Waals surface area contributed by atoms with E-state index in [2.05, 4.69) is 4.98 Å². The number of rotatable bonds is 6. The Balaban J connectivity index is 2.53. The first kappa shape index (κ1) is 14.4. The van der Waals surface area contributed by atoms with Gasteiger partial charge in [-0.1, -0.05) is 0 Å². The topological polar surface area (TPSA) is 51.2 Å². The van der Waals surface area contributed by atoms with Crippen molar-refractivity contribution in [2.45, 2.75) is 13.1 Å². The summed E-state index contributed by atoms with van der Waals surface area (Å²) in [6, 6.07) is 1.45. The van der Waals surface area contributed by atoms with Crippen LogP contribution in [0.5, 0.6) is 5.75 Å². The molecule has 0 spiro atoms. The number of hydrogen-bond donors (Lipinski definition) is 1. The Labute approximate surface area is 102 Å². The first-order valence-electron chi connectivity index (χ1n) is 5.31. The normalized spacial score (nSPS) is 11.3. The molecule has 0 aromatic carbocycles. The van der Waals surface area contributed by atoms with Gasteiger partial charge in [-0.05, 0) is 13.0 Å². The number of aromatic nitrogens is 1. The number of ether oxygens (including phenoxy) is 1. The molecule has 0 radical (unpaired) electrons. The lowest BCUT2D eigenvalue weighted by molar-refractivity contribution is -0.124. The van der Waals surface area contributed by atoms with Gasteiger partial charge in [-0.25, -0.2) is 0 Å². The lowest BCUT2D eigenvalue weighted by Crippen LogP contribution is -2.32. The maximum absolute atomic E-state index is 11.9. The molecule has 1 aromatic heterocycles. The van der Waals surface area contributed by atoms with Crippen molar-refractivity contribution in [3.05, 3.63) is 24.0 Å². The maximum atomic E-state index is 11.9. The highest BCUT2D eigenvalue weighted by Gasteiger charge is 2.26. The molecule has 0 amide bonds. The third-order valence-corrected chi connectivity index (χ3v) is 1.96.